The molecule has 0 bridgehead atoms. The van der Waals surface area contributed by atoms with Gasteiger partial charge in [0, 0.05) is 10.7 Å². The Morgan fingerprint density at radius 1 is 0.941 bits per heavy atom. The Bertz CT molecular complexity index is 416. The monoisotopic (exact) mass is 357 g/mol. The highest BCUT2D eigenvalue weighted by atomic mass is 79.9. The van der Waals surface area contributed by atoms with E-state index < -0.39 is 7.12 Å². The highest BCUT2D eigenvalue weighted by molar-refractivity contribution is 9.11. The highest BCUT2D eigenvalue weighted by Gasteiger charge is 2.07. The Kier molecular flexibility index (Phi) is 6.43. The Balaban J connectivity index is 0.000000171. The fourth-order valence-electron chi connectivity index (χ4n) is 0.983. The van der Waals surface area contributed by atoms with Crippen LogP contribution >= 0.6 is 31.9 Å². The Morgan fingerprint density at radius 3 is 1.94 bits per heavy atom. The number of halogens is 2. The zero-order chi connectivity index (χ0) is 12.7. The molecule has 0 unspecified atom stereocenters. The summed E-state index contributed by atoms with van der Waals surface area (Å²) in [7, 11) is -1.34. The maximum absolute atomic E-state index is 8.58. The van der Waals surface area contributed by atoms with Crippen molar-refractivity contribution >= 4 is 44.4 Å². The van der Waals surface area contributed by atoms with Crippen molar-refractivity contribution in [3.8, 4) is 0 Å². The van der Waals surface area contributed by atoms with Gasteiger partial charge in [-0.3, -0.25) is 0 Å². The summed E-state index contributed by atoms with van der Waals surface area (Å²) < 4.78 is 1.86. The number of aromatic nitrogens is 1. The molecule has 1 aromatic carbocycles. The summed E-state index contributed by atoms with van der Waals surface area (Å²) in [6, 6.07) is 12.5. The van der Waals surface area contributed by atoms with Crippen LogP contribution in [0, 0.1) is 0 Å². The van der Waals surface area contributed by atoms with Crippen LogP contribution in [0.3, 0.4) is 0 Å². The van der Waals surface area contributed by atoms with Gasteiger partial charge in [0.25, 0.3) is 0 Å². The summed E-state index contributed by atoms with van der Waals surface area (Å²) in [5.74, 6) is 0. The molecule has 3 nitrogen and oxygen atoms in total. The van der Waals surface area contributed by atoms with Crippen molar-refractivity contribution in [2.75, 3.05) is 0 Å². The van der Waals surface area contributed by atoms with Gasteiger partial charge in [-0.25, -0.2) is 4.98 Å². The molecule has 0 saturated heterocycles. The van der Waals surface area contributed by atoms with Gasteiger partial charge < -0.3 is 10.0 Å². The molecule has 0 saturated carbocycles. The summed E-state index contributed by atoms with van der Waals surface area (Å²) in [6.45, 7) is 0. The lowest BCUT2D eigenvalue weighted by Crippen LogP contribution is -2.29. The first-order valence-electron chi connectivity index (χ1n) is 4.77. The molecule has 0 spiro atoms. The van der Waals surface area contributed by atoms with Crippen molar-refractivity contribution < 1.29 is 10.0 Å². The summed E-state index contributed by atoms with van der Waals surface area (Å²) >= 11 is 6.48. The first-order chi connectivity index (χ1) is 8.09. The van der Waals surface area contributed by atoms with Crippen molar-refractivity contribution in [2.24, 2.45) is 0 Å². The standard InChI is InChI=1S/C6H7BO2.C5H3Br2N/c8-7(9)6-4-2-1-3-5-6;6-4-1-2-5(7)8-3-4/h1-5,8-9H;1-3H. The van der Waals surface area contributed by atoms with Crippen molar-refractivity contribution in [3.05, 3.63) is 57.7 Å². The second-order valence-electron chi connectivity index (χ2n) is 3.08. The minimum atomic E-state index is -1.34. The third-order valence-corrected chi connectivity index (χ3v) is 2.73. The number of nitrogens with zero attached hydrogens (tertiary/aromatic N) is 1. The van der Waals surface area contributed by atoms with Gasteiger partial charge in [-0.05, 0) is 49.5 Å². The molecule has 0 aliphatic rings. The quantitative estimate of drug-likeness (QED) is 0.605. The predicted molar refractivity (Wildman–Crippen MR) is 75.9 cm³/mol. The number of hydrogen-bond donors (Lipinski definition) is 2. The van der Waals surface area contributed by atoms with E-state index in [0.717, 1.165) is 9.08 Å². The molecule has 0 amide bonds. The normalized spacial score (nSPS) is 9.18. The van der Waals surface area contributed by atoms with Gasteiger partial charge in [-0.15, -0.1) is 0 Å². The average Bonchev–Trinajstić information content (AvgIpc) is 2.35. The van der Waals surface area contributed by atoms with E-state index >= 15 is 0 Å². The molecular weight excluding hydrogens is 349 g/mol. The molecule has 0 aliphatic heterocycles. The number of rotatable bonds is 1. The van der Waals surface area contributed by atoms with Crippen LogP contribution in [0.1, 0.15) is 0 Å². The molecule has 6 heteroatoms. The first kappa shape index (κ1) is 14.4. The average molecular weight is 359 g/mol. The second-order valence-corrected chi connectivity index (χ2v) is 4.81. The van der Waals surface area contributed by atoms with Crippen LogP contribution in [-0.2, 0) is 0 Å². The van der Waals surface area contributed by atoms with Crippen LogP contribution in [0.5, 0.6) is 0 Å². The van der Waals surface area contributed by atoms with Crippen LogP contribution in [0.15, 0.2) is 57.7 Å². The maximum Gasteiger partial charge on any atom is 0.488 e. The number of pyridine rings is 1. The third-order valence-electron chi connectivity index (χ3n) is 1.79. The third kappa shape index (κ3) is 5.98. The molecule has 2 rings (SSSR count). The highest BCUT2D eigenvalue weighted by Crippen LogP contribution is 2.10. The van der Waals surface area contributed by atoms with E-state index in [1.807, 2.05) is 18.2 Å². The van der Waals surface area contributed by atoms with Crippen LogP contribution < -0.4 is 5.46 Å². The van der Waals surface area contributed by atoms with Gasteiger partial charge in [-0.1, -0.05) is 30.3 Å². The van der Waals surface area contributed by atoms with E-state index in [-0.39, 0.29) is 0 Å². The zero-order valence-electron chi connectivity index (χ0n) is 8.79. The number of benzene rings is 1. The zero-order valence-corrected chi connectivity index (χ0v) is 12.0. The smallest absolute Gasteiger partial charge is 0.423 e. The van der Waals surface area contributed by atoms with Gasteiger partial charge in [0.2, 0.25) is 0 Å². The fraction of sp³-hybridized carbons (Fsp3) is 0. The summed E-state index contributed by atoms with van der Waals surface area (Å²) in [4.78, 5) is 3.95. The molecule has 0 radical (unpaired) electrons. The number of hydrogen-bond acceptors (Lipinski definition) is 3. The minimum absolute atomic E-state index is 0.525. The van der Waals surface area contributed by atoms with Crippen LogP contribution in [0.4, 0.5) is 0 Å². The van der Waals surface area contributed by atoms with Gasteiger partial charge in [0.05, 0.1) is 0 Å². The molecule has 0 atom stereocenters. The van der Waals surface area contributed by atoms with E-state index in [9.17, 15) is 0 Å². The largest absolute Gasteiger partial charge is 0.488 e. The van der Waals surface area contributed by atoms with E-state index in [1.54, 1.807) is 30.5 Å². The molecule has 2 N–H and O–H groups in total. The van der Waals surface area contributed by atoms with E-state index in [4.69, 9.17) is 10.0 Å². The van der Waals surface area contributed by atoms with Crippen molar-refractivity contribution in [2.45, 2.75) is 0 Å². The molecule has 1 heterocycles. The summed E-state index contributed by atoms with van der Waals surface area (Å²) in [5.41, 5.74) is 0.525. The van der Waals surface area contributed by atoms with Crippen molar-refractivity contribution in [1.29, 1.82) is 0 Å². The second kappa shape index (κ2) is 7.60. The van der Waals surface area contributed by atoms with E-state index in [0.29, 0.717) is 5.46 Å². The van der Waals surface area contributed by atoms with Gasteiger partial charge in [0.1, 0.15) is 4.60 Å². The van der Waals surface area contributed by atoms with Gasteiger partial charge >= 0.3 is 7.12 Å². The van der Waals surface area contributed by atoms with Crippen LogP contribution in [-0.4, -0.2) is 22.2 Å². The minimum Gasteiger partial charge on any atom is -0.423 e. The van der Waals surface area contributed by atoms with Crippen LogP contribution in [0.2, 0.25) is 0 Å². The SMILES string of the molecule is Brc1ccc(Br)nc1.OB(O)c1ccccc1. The molecule has 88 valence electrons. The van der Waals surface area contributed by atoms with E-state index in [1.165, 1.54) is 0 Å². The molecule has 0 aliphatic carbocycles. The van der Waals surface area contributed by atoms with Gasteiger partial charge in [0.15, 0.2) is 0 Å². The first-order valence-corrected chi connectivity index (χ1v) is 6.36. The lowest BCUT2D eigenvalue weighted by Gasteiger charge is -1.94. The van der Waals surface area contributed by atoms with Crippen molar-refractivity contribution in [1.82, 2.24) is 4.98 Å². The predicted octanol–water partition coefficient (Wildman–Crippen LogP) is 1.97. The molecule has 0 fully saturated rings. The summed E-state index contributed by atoms with van der Waals surface area (Å²) in [6.07, 6.45) is 1.74. The molecule has 1 aromatic heterocycles. The van der Waals surface area contributed by atoms with Crippen LogP contribution in [0.25, 0.3) is 0 Å². The maximum atomic E-state index is 8.58. The van der Waals surface area contributed by atoms with E-state index in [2.05, 4.69) is 36.8 Å². The van der Waals surface area contributed by atoms with Crippen molar-refractivity contribution in [3.63, 3.8) is 0 Å². The molecular formula is C11H10BBr2NO2. The fourth-order valence-corrected chi connectivity index (χ4v) is 1.45. The Hall–Kier alpha value is -0.685. The topological polar surface area (TPSA) is 53.4 Å². The molecule has 2 aromatic rings. The molecule has 17 heavy (non-hydrogen) atoms. The lowest BCUT2D eigenvalue weighted by atomic mass is 9.81. The Morgan fingerprint density at radius 2 is 1.59 bits per heavy atom. The summed E-state index contributed by atoms with van der Waals surface area (Å²) in [5, 5.41) is 17.2. The lowest BCUT2D eigenvalue weighted by molar-refractivity contribution is 0.426. The van der Waals surface area contributed by atoms with Gasteiger partial charge in [-0.2, -0.15) is 0 Å². The Labute approximate surface area is 117 Å².